The molecule has 15 aromatic rings. The number of nitrogens with zero attached hydrogens (tertiary/aromatic N) is 4. The van der Waals surface area contributed by atoms with Crippen LogP contribution in [0.15, 0.2) is 251 Å². The molecule has 15 rings (SSSR count). The highest BCUT2D eigenvalue weighted by Crippen LogP contribution is 2.45. The molecule has 0 aliphatic heterocycles. The van der Waals surface area contributed by atoms with Gasteiger partial charge in [-0.25, -0.2) is 15.0 Å². The van der Waals surface area contributed by atoms with Crippen molar-refractivity contribution >= 4 is 76.5 Å². The number of rotatable bonds is 7. The number of aromatic nitrogens is 4. The second kappa shape index (κ2) is 16.3. The number of hydrogen-bond donors (Lipinski definition) is 0. The van der Waals surface area contributed by atoms with E-state index in [0.717, 1.165) is 105 Å². The maximum absolute atomic E-state index is 7.00. The molecule has 6 heteroatoms. The van der Waals surface area contributed by atoms with E-state index in [1.807, 2.05) is 48.5 Å². The van der Waals surface area contributed by atoms with Crippen LogP contribution in [-0.2, 0) is 0 Å². The number of para-hydroxylation sites is 2. The summed E-state index contributed by atoms with van der Waals surface area (Å²) in [5.74, 6) is 1.65. The van der Waals surface area contributed by atoms with Crippen LogP contribution in [0.2, 0.25) is 0 Å². The van der Waals surface area contributed by atoms with Crippen LogP contribution >= 0.6 is 0 Å². The predicted molar refractivity (Wildman–Crippen MR) is 299 cm³/mol. The third-order valence-corrected chi connectivity index (χ3v) is 14.5. The van der Waals surface area contributed by atoms with E-state index < -0.39 is 0 Å². The zero-order valence-corrected chi connectivity index (χ0v) is 39.2. The predicted octanol–water partition coefficient (Wildman–Crippen LogP) is 17.9. The van der Waals surface area contributed by atoms with Gasteiger partial charge in [0.25, 0.3) is 0 Å². The van der Waals surface area contributed by atoms with Crippen LogP contribution in [0.5, 0.6) is 0 Å². The van der Waals surface area contributed by atoms with E-state index in [4.69, 9.17) is 23.8 Å². The van der Waals surface area contributed by atoms with Gasteiger partial charge in [0.2, 0.25) is 0 Å². The third-order valence-electron chi connectivity index (χ3n) is 14.5. The number of hydrogen-bond acceptors (Lipinski definition) is 5. The average Bonchev–Trinajstić information content (AvgIpc) is 4.13. The van der Waals surface area contributed by atoms with Crippen molar-refractivity contribution < 1.29 is 8.83 Å². The van der Waals surface area contributed by atoms with Gasteiger partial charge in [0.05, 0.1) is 16.7 Å². The quantitative estimate of drug-likeness (QED) is 0.159. The minimum Gasteiger partial charge on any atom is -0.456 e. The lowest BCUT2D eigenvalue weighted by atomic mass is 9.96. The fraction of sp³-hybridized carbons (Fsp3) is 0. The molecule has 11 aromatic carbocycles. The molecule has 4 aromatic heterocycles. The van der Waals surface area contributed by atoms with Gasteiger partial charge in [0.1, 0.15) is 22.3 Å². The van der Waals surface area contributed by atoms with Crippen LogP contribution in [0.3, 0.4) is 0 Å². The third kappa shape index (κ3) is 6.69. The average molecular weight is 933 g/mol. The summed E-state index contributed by atoms with van der Waals surface area (Å²) in [6, 6.07) is 85.3. The van der Waals surface area contributed by atoms with Crippen molar-refractivity contribution in [2.24, 2.45) is 0 Å². The van der Waals surface area contributed by atoms with Crippen molar-refractivity contribution in [2.45, 2.75) is 0 Å². The lowest BCUT2D eigenvalue weighted by Crippen LogP contribution is -2.01. The molecule has 0 N–H and O–H groups in total. The van der Waals surface area contributed by atoms with Crippen molar-refractivity contribution in [2.75, 3.05) is 0 Å². The Bertz CT molecular complexity index is 4650. The van der Waals surface area contributed by atoms with Gasteiger partial charge >= 0.3 is 0 Å². The first-order chi connectivity index (χ1) is 36.2. The summed E-state index contributed by atoms with van der Waals surface area (Å²) < 4.78 is 15.8. The fourth-order valence-electron chi connectivity index (χ4n) is 11.0. The summed E-state index contributed by atoms with van der Waals surface area (Å²) in [5.41, 5.74) is 15.7. The van der Waals surface area contributed by atoms with Gasteiger partial charge in [0.15, 0.2) is 17.5 Å². The van der Waals surface area contributed by atoms with E-state index >= 15 is 0 Å². The molecule has 0 amide bonds. The molecular formula is C67H40N4O2. The largest absolute Gasteiger partial charge is 0.456 e. The van der Waals surface area contributed by atoms with Crippen molar-refractivity contribution in [3.05, 3.63) is 243 Å². The molecule has 0 bridgehead atoms. The van der Waals surface area contributed by atoms with Gasteiger partial charge in [-0.15, -0.1) is 0 Å². The second-order valence-corrected chi connectivity index (χ2v) is 18.7. The van der Waals surface area contributed by atoms with E-state index in [1.165, 1.54) is 27.1 Å². The van der Waals surface area contributed by atoms with Crippen LogP contribution in [0.1, 0.15) is 0 Å². The van der Waals surface area contributed by atoms with Crippen molar-refractivity contribution in [3.63, 3.8) is 0 Å². The molecule has 0 saturated heterocycles. The summed E-state index contributed by atoms with van der Waals surface area (Å²) in [6.45, 7) is 0. The molecule has 6 nitrogen and oxygen atoms in total. The molecule has 0 radical (unpaired) electrons. The van der Waals surface area contributed by atoms with Gasteiger partial charge in [0, 0.05) is 60.6 Å². The lowest BCUT2D eigenvalue weighted by molar-refractivity contribution is 0.668. The Balaban J connectivity index is 0.983. The topological polar surface area (TPSA) is 69.9 Å². The Hall–Kier alpha value is -9.91. The maximum atomic E-state index is 7.00. The Morgan fingerprint density at radius 1 is 0.274 bits per heavy atom. The van der Waals surface area contributed by atoms with Crippen LogP contribution in [-0.4, -0.2) is 19.5 Å². The molecule has 0 fully saturated rings. The Kier molecular flexibility index (Phi) is 9.16. The first kappa shape index (κ1) is 40.9. The number of furan rings is 2. The summed E-state index contributed by atoms with van der Waals surface area (Å²) in [7, 11) is 0. The van der Waals surface area contributed by atoms with Crippen molar-refractivity contribution in [1.82, 2.24) is 19.5 Å². The van der Waals surface area contributed by atoms with Gasteiger partial charge < -0.3 is 13.4 Å². The molecule has 0 aliphatic carbocycles. The molecule has 4 heterocycles. The van der Waals surface area contributed by atoms with Crippen LogP contribution in [0.4, 0.5) is 0 Å². The Morgan fingerprint density at radius 2 is 0.767 bits per heavy atom. The van der Waals surface area contributed by atoms with E-state index in [2.05, 4.69) is 199 Å². The highest BCUT2D eigenvalue weighted by atomic mass is 16.3. The minimum atomic E-state index is 0.539. The van der Waals surface area contributed by atoms with E-state index in [-0.39, 0.29) is 0 Å². The molecule has 73 heavy (non-hydrogen) atoms. The zero-order valence-electron chi connectivity index (χ0n) is 39.2. The first-order valence-electron chi connectivity index (χ1n) is 24.6. The number of fused-ring (bicyclic) bond motifs is 10. The fourth-order valence-corrected chi connectivity index (χ4v) is 11.0. The SMILES string of the molecule is c1ccc(-c2ccc(-c3nc(-c4cccc5oc6ccccc6c45)nc(-c4cccc5oc6cc(-n7c8ccccc8c8cc9ccccc9cc87)c(-c7ccc(-c8ccccc8)cc7)cc6c45)n3)cc2)cc1. The summed E-state index contributed by atoms with van der Waals surface area (Å²) in [4.78, 5) is 16.0. The standard InChI is InChI=1S/C67H40N4O2/c1-3-15-41(16-4-1)43-29-33-45(34-30-43)53-39-55-62(40-58(53)71-56-25-11-9-21-49(56)54-37-47-19-7-8-20-48(47)38-57(54)71)73-61-28-14-24-52(64(55)61)67-69-65(46-35-31-44(32-36-46)42-17-5-2-6-18-42)68-66(70-67)51-23-13-27-60-63(51)50-22-10-12-26-59(50)72-60/h1-40H. The molecule has 0 atom stereocenters. The first-order valence-corrected chi connectivity index (χ1v) is 24.6. The zero-order chi connectivity index (χ0) is 48.0. The van der Waals surface area contributed by atoms with Gasteiger partial charge in [-0.3, -0.25) is 0 Å². The molecule has 0 spiro atoms. The van der Waals surface area contributed by atoms with E-state index in [9.17, 15) is 0 Å². The minimum absolute atomic E-state index is 0.539. The van der Waals surface area contributed by atoms with Crippen LogP contribution in [0.25, 0.3) is 150 Å². The normalized spacial score (nSPS) is 11.8. The van der Waals surface area contributed by atoms with Gasteiger partial charge in [-0.2, -0.15) is 0 Å². The molecule has 0 saturated carbocycles. The number of benzene rings is 11. The Labute approximate surface area is 418 Å². The maximum Gasteiger partial charge on any atom is 0.164 e. The molecule has 340 valence electrons. The monoisotopic (exact) mass is 932 g/mol. The van der Waals surface area contributed by atoms with Gasteiger partial charge in [-0.1, -0.05) is 194 Å². The summed E-state index contributed by atoms with van der Waals surface area (Å²) >= 11 is 0. The molecule has 0 unspecified atom stereocenters. The van der Waals surface area contributed by atoms with Crippen LogP contribution in [0, 0.1) is 0 Å². The lowest BCUT2D eigenvalue weighted by Gasteiger charge is -2.15. The second-order valence-electron chi connectivity index (χ2n) is 18.7. The van der Waals surface area contributed by atoms with E-state index in [1.54, 1.807) is 0 Å². The smallest absolute Gasteiger partial charge is 0.164 e. The van der Waals surface area contributed by atoms with Crippen molar-refractivity contribution in [3.8, 4) is 73.2 Å². The molecular weight excluding hydrogens is 893 g/mol. The van der Waals surface area contributed by atoms with Crippen molar-refractivity contribution in [1.29, 1.82) is 0 Å². The highest BCUT2D eigenvalue weighted by molar-refractivity contribution is 6.17. The Morgan fingerprint density at radius 3 is 1.44 bits per heavy atom. The summed E-state index contributed by atoms with van der Waals surface area (Å²) in [6.07, 6.45) is 0. The highest BCUT2D eigenvalue weighted by Gasteiger charge is 2.24. The summed E-state index contributed by atoms with van der Waals surface area (Å²) in [5, 5.41) is 8.62. The van der Waals surface area contributed by atoms with E-state index in [0.29, 0.717) is 17.5 Å². The van der Waals surface area contributed by atoms with Crippen LogP contribution < -0.4 is 0 Å². The van der Waals surface area contributed by atoms with Gasteiger partial charge in [-0.05, 0) is 81.1 Å². The molecule has 0 aliphatic rings.